The third-order valence-corrected chi connectivity index (χ3v) is 8.29. The van der Waals surface area contributed by atoms with Crippen LogP contribution in [0.25, 0.3) is 0 Å². The average molecular weight is 385 g/mol. The lowest BCUT2D eigenvalue weighted by atomic mass is 10.3. The molecule has 0 saturated carbocycles. The number of carbonyl (C=O) groups is 1. The summed E-state index contributed by atoms with van der Waals surface area (Å²) < 4.78 is 26.8. The number of sulfonamides is 1. The quantitative estimate of drug-likeness (QED) is 0.798. The molecule has 1 saturated heterocycles. The van der Waals surface area contributed by atoms with Gasteiger partial charge in [-0.25, -0.2) is 8.42 Å². The lowest BCUT2D eigenvalue weighted by molar-refractivity contribution is -0.120. The molecule has 1 aliphatic heterocycles. The molecule has 1 N–H and O–H groups in total. The highest BCUT2D eigenvalue weighted by Gasteiger charge is 2.28. The van der Waals surface area contributed by atoms with Crippen molar-refractivity contribution in [2.24, 2.45) is 0 Å². The van der Waals surface area contributed by atoms with E-state index in [1.807, 2.05) is 17.5 Å². The molecule has 0 unspecified atom stereocenters. The Hall–Kier alpha value is -1.22. The van der Waals surface area contributed by atoms with E-state index in [-0.39, 0.29) is 12.3 Å². The number of thiophene rings is 2. The summed E-state index contributed by atoms with van der Waals surface area (Å²) in [5.74, 6) is -0.0708. The molecule has 2 aromatic rings. The van der Waals surface area contributed by atoms with Gasteiger partial charge in [-0.3, -0.25) is 4.79 Å². The van der Waals surface area contributed by atoms with Gasteiger partial charge in [0, 0.05) is 29.4 Å². The average Bonchev–Trinajstić information content (AvgIpc) is 3.30. The number of hydrogen-bond donors (Lipinski definition) is 1. The molecule has 24 heavy (non-hydrogen) atoms. The first-order valence-corrected chi connectivity index (χ1v) is 11.1. The van der Waals surface area contributed by atoms with Crippen LogP contribution in [-0.2, 0) is 27.7 Å². The van der Waals surface area contributed by atoms with Gasteiger partial charge in [0.1, 0.15) is 4.21 Å². The smallest absolute Gasteiger partial charge is 0.252 e. The summed E-state index contributed by atoms with van der Waals surface area (Å²) in [5.41, 5.74) is 0. The second-order valence-electron chi connectivity index (χ2n) is 5.69. The predicted molar refractivity (Wildman–Crippen MR) is 97.0 cm³/mol. The van der Waals surface area contributed by atoms with Crippen LogP contribution < -0.4 is 5.32 Å². The molecule has 0 bridgehead atoms. The second-order valence-corrected chi connectivity index (χ2v) is 10.1. The van der Waals surface area contributed by atoms with Gasteiger partial charge in [0.25, 0.3) is 10.0 Å². The second kappa shape index (κ2) is 7.77. The molecule has 1 fully saturated rings. The highest BCUT2D eigenvalue weighted by molar-refractivity contribution is 7.91. The van der Waals surface area contributed by atoms with E-state index in [1.165, 1.54) is 20.5 Å². The number of nitrogens with zero attached hydrogens (tertiary/aromatic N) is 1. The molecule has 0 spiro atoms. The Morgan fingerprint density at radius 1 is 1.17 bits per heavy atom. The minimum atomic E-state index is -3.38. The number of nitrogens with one attached hydrogen (secondary N) is 1. The van der Waals surface area contributed by atoms with Gasteiger partial charge in [-0.15, -0.1) is 22.7 Å². The van der Waals surface area contributed by atoms with Crippen LogP contribution in [0, 0.1) is 0 Å². The first-order chi connectivity index (χ1) is 11.6. The largest absolute Gasteiger partial charge is 0.355 e. The molecule has 8 heteroatoms. The highest BCUT2D eigenvalue weighted by Crippen LogP contribution is 2.27. The van der Waals surface area contributed by atoms with E-state index in [1.54, 1.807) is 23.5 Å². The number of carbonyl (C=O) groups excluding carboxylic acids is 1. The van der Waals surface area contributed by atoms with Crippen LogP contribution >= 0.6 is 22.7 Å². The van der Waals surface area contributed by atoms with Crippen molar-refractivity contribution in [2.75, 3.05) is 19.6 Å². The fourth-order valence-electron chi connectivity index (χ4n) is 2.65. The van der Waals surface area contributed by atoms with E-state index in [2.05, 4.69) is 5.32 Å². The maximum absolute atomic E-state index is 12.5. The van der Waals surface area contributed by atoms with Crippen molar-refractivity contribution in [1.82, 2.24) is 9.62 Å². The number of rotatable bonds is 7. The van der Waals surface area contributed by atoms with E-state index in [0.717, 1.165) is 24.1 Å². The monoisotopic (exact) mass is 384 g/mol. The first-order valence-electron chi connectivity index (χ1n) is 7.93. The summed E-state index contributed by atoms with van der Waals surface area (Å²) in [6.45, 7) is 1.79. The molecular formula is C16H20N2O3S3. The minimum Gasteiger partial charge on any atom is -0.355 e. The van der Waals surface area contributed by atoms with Crippen LogP contribution in [0.5, 0.6) is 0 Å². The maximum Gasteiger partial charge on any atom is 0.252 e. The lowest BCUT2D eigenvalue weighted by Crippen LogP contribution is -2.27. The molecule has 2 aromatic heterocycles. The Morgan fingerprint density at radius 2 is 1.96 bits per heavy atom. The SMILES string of the molecule is O=C(Cc1ccc(S(=O)(=O)N2CCCC2)s1)NCCc1cccs1. The predicted octanol–water partition coefficient (Wildman–Crippen LogP) is 2.50. The van der Waals surface area contributed by atoms with E-state index in [9.17, 15) is 13.2 Å². The molecule has 3 heterocycles. The fraction of sp³-hybridized carbons (Fsp3) is 0.438. The Balaban J connectivity index is 1.52. The van der Waals surface area contributed by atoms with E-state index < -0.39 is 10.0 Å². The molecule has 0 aromatic carbocycles. The zero-order valence-corrected chi connectivity index (χ0v) is 15.7. The van der Waals surface area contributed by atoms with Gasteiger partial charge in [0.2, 0.25) is 5.91 Å². The Labute approximate surface area is 150 Å². The van der Waals surface area contributed by atoms with Crippen LogP contribution in [0.1, 0.15) is 22.6 Å². The number of hydrogen-bond acceptors (Lipinski definition) is 5. The van der Waals surface area contributed by atoms with Crippen molar-refractivity contribution in [3.63, 3.8) is 0 Å². The van der Waals surface area contributed by atoms with Gasteiger partial charge in [0.05, 0.1) is 6.42 Å². The van der Waals surface area contributed by atoms with Crippen molar-refractivity contribution in [1.29, 1.82) is 0 Å². The first kappa shape index (κ1) is 17.6. The van der Waals surface area contributed by atoms with Gasteiger partial charge in [-0.2, -0.15) is 4.31 Å². The number of amides is 1. The molecular weight excluding hydrogens is 364 g/mol. The van der Waals surface area contributed by atoms with Gasteiger partial charge < -0.3 is 5.32 Å². The Bertz CT molecular complexity index is 775. The van der Waals surface area contributed by atoms with Gasteiger partial charge in [-0.1, -0.05) is 6.07 Å². The van der Waals surface area contributed by atoms with Gasteiger partial charge in [-0.05, 0) is 42.8 Å². The third-order valence-electron chi connectivity index (χ3n) is 3.90. The molecule has 0 atom stereocenters. The van der Waals surface area contributed by atoms with Crippen molar-refractivity contribution in [2.45, 2.75) is 29.9 Å². The summed E-state index contributed by atoms with van der Waals surface area (Å²) in [7, 11) is -3.38. The molecule has 130 valence electrons. The third kappa shape index (κ3) is 4.24. The van der Waals surface area contributed by atoms with Crippen molar-refractivity contribution in [3.8, 4) is 0 Å². The van der Waals surface area contributed by atoms with Crippen LogP contribution in [0.15, 0.2) is 33.9 Å². The van der Waals surface area contributed by atoms with E-state index in [0.29, 0.717) is 23.8 Å². The van der Waals surface area contributed by atoms with E-state index in [4.69, 9.17) is 0 Å². The van der Waals surface area contributed by atoms with E-state index >= 15 is 0 Å². The molecule has 3 rings (SSSR count). The topological polar surface area (TPSA) is 66.5 Å². The van der Waals surface area contributed by atoms with Gasteiger partial charge >= 0.3 is 0 Å². The Morgan fingerprint density at radius 3 is 2.67 bits per heavy atom. The Kier molecular flexibility index (Phi) is 5.70. The van der Waals surface area contributed by atoms with Crippen molar-refractivity contribution in [3.05, 3.63) is 39.4 Å². The standard InChI is InChI=1S/C16H20N2O3S3/c19-15(17-8-7-13-4-3-11-22-13)12-14-5-6-16(23-14)24(20,21)18-9-1-2-10-18/h3-6,11H,1-2,7-10,12H2,(H,17,19). The minimum absolute atomic E-state index is 0.0708. The summed E-state index contributed by atoms with van der Waals surface area (Å²) in [5, 5.41) is 4.91. The van der Waals surface area contributed by atoms with Crippen molar-refractivity contribution < 1.29 is 13.2 Å². The molecule has 5 nitrogen and oxygen atoms in total. The molecule has 0 radical (unpaired) electrons. The molecule has 1 aliphatic rings. The zero-order chi connectivity index (χ0) is 17.0. The maximum atomic E-state index is 12.5. The van der Waals surface area contributed by atoms with Gasteiger partial charge in [0.15, 0.2) is 0 Å². The molecule has 0 aliphatic carbocycles. The lowest BCUT2D eigenvalue weighted by Gasteiger charge is -2.13. The van der Waals surface area contributed by atoms with Crippen LogP contribution in [0.3, 0.4) is 0 Å². The van der Waals surface area contributed by atoms with Crippen molar-refractivity contribution >= 4 is 38.6 Å². The van der Waals surface area contributed by atoms with Crippen LogP contribution in [0.4, 0.5) is 0 Å². The van der Waals surface area contributed by atoms with Crippen LogP contribution in [-0.4, -0.2) is 38.3 Å². The normalized spacial score (nSPS) is 15.7. The zero-order valence-electron chi connectivity index (χ0n) is 13.2. The summed E-state index contributed by atoms with van der Waals surface area (Å²) in [6.07, 6.45) is 2.89. The summed E-state index contributed by atoms with van der Waals surface area (Å²) in [4.78, 5) is 14.0. The van der Waals surface area contributed by atoms with Crippen LogP contribution in [0.2, 0.25) is 0 Å². The summed E-state index contributed by atoms with van der Waals surface area (Å²) >= 11 is 2.87. The summed E-state index contributed by atoms with van der Waals surface area (Å²) in [6, 6.07) is 7.40. The fourth-order valence-corrected chi connectivity index (χ4v) is 6.38. The highest BCUT2D eigenvalue weighted by atomic mass is 32.2. The molecule has 1 amide bonds.